The average molecular weight is 259 g/mol. The number of hydrogen-bond acceptors (Lipinski definition) is 5. The summed E-state index contributed by atoms with van der Waals surface area (Å²) in [5.41, 5.74) is 12.9. The lowest BCUT2D eigenvalue weighted by molar-refractivity contribution is -0.128. The van der Waals surface area contributed by atoms with Gasteiger partial charge < -0.3 is 16.9 Å². The Hall–Kier alpha value is -2.37. The van der Waals surface area contributed by atoms with Gasteiger partial charge in [0.1, 0.15) is 0 Å². The predicted octanol–water partition coefficient (Wildman–Crippen LogP) is 0.658. The number of amides is 1. The molecule has 1 aliphatic heterocycles. The van der Waals surface area contributed by atoms with E-state index in [2.05, 4.69) is 4.99 Å². The summed E-state index contributed by atoms with van der Waals surface area (Å²) < 4.78 is 0. The molecule has 0 unspecified atom stereocenters. The van der Waals surface area contributed by atoms with E-state index in [1.54, 1.807) is 19.2 Å². The molecule has 0 radical (unpaired) electrons. The molecule has 1 atom stereocenters. The van der Waals surface area contributed by atoms with Crippen LogP contribution in [0.2, 0.25) is 0 Å². The lowest BCUT2D eigenvalue weighted by Crippen LogP contribution is -2.47. The van der Waals surface area contributed by atoms with Gasteiger partial charge in [0.15, 0.2) is 5.96 Å². The Kier molecular flexibility index (Phi) is 3.01. The lowest BCUT2D eigenvalue weighted by atomic mass is 9.87. The molecule has 1 aromatic rings. The summed E-state index contributed by atoms with van der Waals surface area (Å²) in [7, 11) is 1.60. The zero-order valence-corrected chi connectivity index (χ0v) is 11.0. The second kappa shape index (κ2) is 4.38. The molecule has 0 aliphatic carbocycles. The van der Waals surface area contributed by atoms with Crippen LogP contribution in [0.1, 0.15) is 24.5 Å². The molecule has 19 heavy (non-hydrogen) atoms. The van der Waals surface area contributed by atoms with Crippen LogP contribution in [-0.2, 0) is 10.3 Å². The topological polar surface area (TPSA) is 109 Å². The molecule has 1 aromatic carbocycles. The van der Waals surface area contributed by atoms with Crippen LogP contribution in [-0.4, -0.2) is 30.0 Å². The number of rotatable bonds is 2. The van der Waals surface area contributed by atoms with Crippen molar-refractivity contribution in [1.82, 2.24) is 4.90 Å². The number of anilines is 1. The molecule has 0 aromatic heterocycles. The Morgan fingerprint density at radius 3 is 2.68 bits per heavy atom. The summed E-state index contributed by atoms with van der Waals surface area (Å²) >= 11 is 0. The van der Waals surface area contributed by atoms with Crippen molar-refractivity contribution in [3.8, 4) is 0 Å². The summed E-state index contributed by atoms with van der Waals surface area (Å²) in [6.45, 7) is 1.85. The second-order valence-corrected chi connectivity index (χ2v) is 4.86. The van der Waals surface area contributed by atoms with Crippen molar-refractivity contribution in [3.63, 3.8) is 0 Å². The van der Waals surface area contributed by atoms with E-state index >= 15 is 0 Å². The minimum atomic E-state index is -0.706. The van der Waals surface area contributed by atoms with Crippen LogP contribution in [0.15, 0.2) is 23.2 Å². The van der Waals surface area contributed by atoms with E-state index in [4.69, 9.17) is 16.9 Å². The fraction of sp³-hybridized carbons (Fsp3) is 0.308. The van der Waals surface area contributed by atoms with Gasteiger partial charge in [0.25, 0.3) is 0 Å². The second-order valence-electron chi connectivity index (χ2n) is 4.86. The number of carbonyl (C=O) groups is 1. The zero-order chi connectivity index (χ0) is 14.2. The van der Waals surface area contributed by atoms with Gasteiger partial charge in [-0.05, 0) is 18.6 Å². The van der Waals surface area contributed by atoms with Crippen molar-refractivity contribution >= 4 is 23.8 Å². The Labute approximate surface area is 111 Å². The average Bonchev–Trinajstić information content (AvgIpc) is 2.35. The molecule has 0 bridgehead atoms. The van der Waals surface area contributed by atoms with Gasteiger partial charge in [-0.3, -0.25) is 9.69 Å². The molecule has 1 amide bonds. The summed E-state index contributed by atoms with van der Waals surface area (Å²) in [4.78, 5) is 17.6. The van der Waals surface area contributed by atoms with Gasteiger partial charge in [-0.2, -0.15) is 0 Å². The summed E-state index contributed by atoms with van der Waals surface area (Å²) in [6, 6.07) is 5.32. The number of nitrogen functional groups attached to an aromatic ring is 1. The zero-order valence-electron chi connectivity index (χ0n) is 11.0. The van der Waals surface area contributed by atoms with E-state index < -0.39 is 5.54 Å². The highest BCUT2D eigenvalue weighted by molar-refractivity contribution is 5.98. The van der Waals surface area contributed by atoms with Crippen molar-refractivity contribution in [3.05, 3.63) is 29.3 Å². The quantitative estimate of drug-likeness (QED) is 0.536. The minimum absolute atomic E-state index is 0.0790. The molecule has 0 saturated carbocycles. The number of aliphatic imine (C=N–C) groups is 1. The van der Waals surface area contributed by atoms with Crippen LogP contribution in [0.4, 0.5) is 5.69 Å². The van der Waals surface area contributed by atoms with E-state index in [0.29, 0.717) is 11.3 Å². The number of guanidine groups is 1. The molecule has 6 nitrogen and oxygen atoms in total. The standard InChI is InChI=1S/C13H17N5O/c1-13(6-11(19)18(2)12(16)17-13)9-4-3-8(7-14)10(15)5-9/h3-5,7,14H,6,15H2,1-2H3,(H2,16,17)/t13-/m0/s1. The van der Waals surface area contributed by atoms with Crippen LogP contribution in [0.5, 0.6) is 0 Å². The first-order valence-electron chi connectivity index (χ1n) is 5.90. The van der Waals surface area contributed by atoms with Crippen LogP contribution in [0.3, 0.4) is 0 Å². The van der Waals surface area contributed by atoms with Gasteiger partial charge in [0.05, 0.1) is 12.0 Å². The fourth-order valence-corrected chi connectivity index (χ4v) is 2.12. The Bertz CT molecular complexity index is 580. The fourth-order valence-electron chi connectivity index (χ4n) is 2.12. The number of benzene rings is 1. The van der Waals surface area contributed by atoms with Crippen molar-refractivity contribution in [2.45, 2.75) is 18.9 Å². The van der Waals surface area contributed by atoms with Gasteiger partial charge in [-0.15, -0.1) is 0 Å². The molecule has 5 N–H and O–H groups in total. The molecule has 0 saturated heterocycles. The monoisotopic (exact) mass is 259 g/mol. The smallest absolute Gasteiger partial charge is 0.231 e. The Morgan fingerprint density at radius 2 is 2.16 bits per heavy atom. The molecule has 1 aliphatic rings. The normalized spacial score (nSPS) is 23.2. The van der Waals surface area contributed by atoms with E-state index in [0.717, 1.165) is 5.56 Å². The van der Waals surface area contributed by atoms with Crippen molar-refractivity contribution < 1.29 is 4.79 Å². The molecule has 6 heteroatoms. The maximum absolute atomic E-state index is 11.9. The van der Waals surface area contributed by atoms with Gasteiger partial charge in [0.2, 0.25) is 5.91 Å². The van der Waals surface area contributed by atoms with Crippen LogP contribution >= 0.6 is 0 Å². The van der Waals surface area contributed by atoms with Crippen LogP contribution in [0.25, 0.3) is 0 Å². The highest BCUT2D eigenvalue weighted by Crippen LogP contribution is 2.34. The Balaban J connectivity index is 2.48. The van der Waals surface area contributed by atoms with E-state index in [9.17, 15) is 4.79 Å². The first kappa shape index (κ1) is 13.1. The van der Waals surface area contributed by atoms with Crippen LogP contribution in [0, 0.1) is 5.41 Å². The summed E-state index contributed by atoms with van der Waals surface area (Å²) in [6.07, 6.45) is 1.44. The predicted molar refractivity (Wildman–Crippen MR) is 75.1 cm³/mol. The van der Waals surface area contributed by atoms with Crippen LogP contribution < -0.4 is 11.5 Å². The van der Waals surface area contributed by atoms with E-state index in [-0.39, 0.29) is 18.3 Å². The Morgan fingerprint density at radius 1 is 1.47 bits per heavy atom. The maximum Gasteiger partial charge on any atom is 0.231 e. The summed E-state index contributed by atoms with van der Waals surface area (Å²) in [5.74, 6) is 0.123. The molecule has 100 valence electrons. The van der Waals surface area contributed by atoms with Gasteiger partial charge >= 0.3 is 0 Å². The largest absolute Gasteiger partial charge is 0.398 e. The molecule has 0 fully saturated rings. The van der Waals surface area contributed by atoms with Crippen molar-refractivity contribution in [2.24, 2.45) is 10.7 Å². The van der Waals surface area contributed by atoms with E-state index in [1.165, 1.54) is 11.1 Å². The summed E-state index contributed by atoms with van der Waals surface area (Å²) in [5, 5.41) is 7.23. The molecule has 1 heterocycles. The molecule has 2 rings (SSSR count). The third-order valence-corrected chi connectivity index (χ3v) is 3.44. The lowest BCUT2D eigenvalue weighted by Gasteiger charge is -2.33. The molecular weight excluding hydrogens is 242 g/mol. The minimum Gasteiger partial charge on any atom is -0.398 e. The first-order chi connectivity index (χ1) is 8.87. The van der Waals surface area contributed by atoms with E-state index in [1.807, 2.05) is 13.0 Å². The maximum atomic E-state index is 11.9. The molecular formula is C13H17N5O. The number of nitrogens with zero attached hydrogens (tertiary/aromatic N) is 2. The van der Waals surface area contributed by atoms with Gasteiger partial charge in [0, 0.05) is 24.5 Å². The number of hydrogen-bond donors (Lipinski definition) is 3. The van der Waals surface area contributed by atoms with Crippen molar-refractivity contribution in [1.29, 1.82) is 5.41 Å². The number of nitrogens with two attached hydrogens (primary N) is 2. The first-order valence-corrected chi connectivity index (χ1v) is 5.90. The number of nitrogens with one attached hydrogen (secondary N) is 1. The van der Waals surface area contributed by atoms with Crippen molar-refractivity contribution in [2.75, 3.05) is 12.8 Å². The SMILES string of the molecule is CN1C(=O)C[C@@](C)(c2ccc(C=N)c(N)c2)N=C1N. The third-order valence-electron chi connectivity index (χ3n) is 3.44. The third kappa shape index (κ3) is 2.16. The van der Waals surface area contributed by atoms with Gasteiger partial charge in [-0.1, -0.05) is 12.1 Å². The number of carbonyl (C=O) groups excluding carboxylic acids is 1. The highest BCUT2D eigenvalue weighted by Gasteiger charge is 2.36. The van der Waals surface area contributed by atoms with Gasteiger partial charge in [-0.25, -0.2) is 4.99 Å². The highest BCUT2D eigenvalue weighted by atomic mass is 16.2. The molecule has 0 spiro atoms.